The van der Waals surface area contributed by atoms with Crippen LogP contribution in [0, 0.1) is 23.3 Å². The summed E-state index contributed by atoms with van der Waals surface area (Å²) in [5.41, 5.74) is 0. The number of hydrogen-bond donors (Lipinski definition) is 2. The van der Waals surface area contributed by atoms with E-state index < -0.39 is 36.3 Å². The van der Waals surface area contributed by atoms with Gasteiger partial charge in [-0.1, -0.05) is 0 Å². The average molecular weight is 210 g/mol. The number of rotatable bonds is 2. The molecule has 1 aromatic rings. The second kappa shape index (κ2) is 3.85. The van der Waals surface area contributed by atoms with Gasteiger partial charge in [-0.3, -0.25) is 0 Å². The molecule has 14 heavy (non-hydrogen) atoms. The predicted molar refractivity (Wildman–Crippen MR) is 37.1 cm³/mol. The highest BCUT2D eigenvalue weighted by Gasteiger charge is 2.24. The lowest BCUT2D eigenvalue weighted by atomic mass is 10.2. The van der Waals surface area contributed by atoms with Crippen LogP contribution in [0.3, 0.4) is 0 Å². The lowest BCUT2D eigenvalue weighted by Crippen LogP contribution is -2.22. The molecule has 0 atom stereocenters. The monoisotopic (exact) mass is 210 g/mol. The molecular weight excluding hydrogens is 207 g/mol. The Balaban J connectivity index is 3.22. The van der Waals surface area contributed by atoms with E-state index in [9.17, 15) is 17.6 Å². The molecule has 0 saturated heterocycles. The van der Waals surface area contributed by atoms with E-state index in [-0.39, 0.29) is 6.07 Å². The van der Waals surface area contributed by atoms with Crippen molar-refractivity contribution in [3.63, 3.8) is 0 Å². The van der Waals surface area contributed by atoms with Gasteiger partial charge in [0, 0.05) is 6.07 Å². The molecule has 0 saturated carbocycles. The summed E-state index contributed by atoms with van der Waals surface area (Å²) in [5, 5.41) is 16.4. The smallest absolute Gasteiger partial charge is 0.507 e. The molecule has 0 aliphatic heterocycles. The average Bonchev–Trinajstić information content (AvgIpc) is 2.09. The summed E-state index contributed by atoms with van der Waals surface area (Å²) in [4.78, 5) is 0. The van der Waals surface area contributed by atoms with Crippen LogP contribution in [0.2, 0.25) is 0 Å². The third kappa shape index (κ3) is 1.96. The van der Waals surface area contributed by atoms with Crippen LogP contribution in [-0.2, 0) is 0 Å². The van der Waals surface area contributed by atoms with E-state index in [1.807, 2.05) is 0 Å². The summed E-state index contributed by atoms with van der Waals surface area (Å²) in [6.45, 7) is 0. The number of hydrogen-bond acceptors (Lipinski definition) is 3. The molecule has 2 N–H and O–H groups in total. The van der Waals surface area contributed by atoms with E-state index in [1.54, 1.807) is 0 Å². The Kier molecular flexibility index (Phi) is 2.97. The SMILES string of the molecule is OB(O)Oc1c(F)cc(F)c(F)c1F. The molecule has 0 unspecified atom stereocenters. The van der Waals surface area contributed by atoms with Crippen LogP contribution in [0.25, 0.3) is 0 Å². The van der Waals surface area contributed by atoms with Crippen LogP contribution in [0.5, 0.6) is 5.75 Å². The molecule has 0 aliphatic rings. The van der Waals surface area contributed by atoms with E-state index in [2.05, 4.69) is 4.65 Å². The van der Waals surface area contributed by atoms with Gasteiger partial charge in [0.15, 0.2) is 23.2 Å². The summed E-state index contributed by atoms with van der Waals surface area (Å²) >= 11 is 0. The van der Waals surface area contributed by atoms with Crippen molar-refractivity contribution in [1.29, 1.82) is 0 Å². The van der Waals surface area contributed by atoms with Crippen molar-refractivity contribution >= 4 is 7.32 Å². The fraction of sp³-hybridized carbons (Fsp3) is 0. The van der Waals surface area contributed by atoms with Gasteiger partial charge in [0.25, 0.3) is 0 Å². The Morgan fingerprint density at radius 2 is 1.57 bits per heavy atom. The summed E-state index contributed by atoms with van der Waals surface area (Å²) in [7, 11) is -2.52. The van der Waals surface area contributed by atoms with Gasteiger partial charge < -0.3 is 14.7 Å². The van der Waals surface area contributed by atoms with E-state index in [1.165, 1.54) is 0 Å². The normalized spacial score (nSPS) is 10.1. The minimum atomic E-state index is -2.52. The molecule has 0 spiro atoms. The highest BCUT2D eigenvalue weighted by molar-refractivity contribution is 6.33. The van der Waals surface area contributed by atoms with Crippen molar-refractivity contribution in [2.45, 2.75) is 0 Å². The number of benzene rings is 1. The quantitative estimate of drug-likeness (QED) is 0.325. The fourth-order valence-corrected chi connectivity index (χ4v) is 0.763. The van der Waals surface area contributed by atoms with Crippen molar-refractivity contribution < 1.29 is 32.3 Å². The first-order chi connectivity index (χ1) is 6.43. The maximum atomic E-state index is 12.7. The molecule has 0 fully saturated rings. The first-order valence-electron chi connectivity index (χ1n) is 3.29. The minimum absolute atomic E-state index is 0.0239. The van der Waals surface area contributed by atoms with Gasteiger partial charge in [-0.25, -0.2) is 13.2 Å². The zero-order chi connectivity index (χ0) is 10.9. The molecule has 8 heteroatoms. The van der Waals surface area contributed by atoms with Crippen molar-refractivity contribution in [3.05, 3.63) is 29.3 Å². The maximum Gasteiger partial charge on any atom is 0.707 e. The minimum Gasteiger partial charge on any atom is -0.507 e. The van der Waals surface area contributed by atoms with E-state index >= 15 is 0 Å². The fourth-order valence-electron chi connectivity index (χ4n) is 0.763. The summed E-state index contributed by atoms with van der Waals surface area (Å²) < 4.78 is 53.9. The first-order valence-corrected chi connectivity index (χ1v) is 3.29. The van der Waals surface area contributed by atoms with E-state index in [0.717, 1.165) is 0 Å². The molecule has 0 bridgehead atoms. The van der Waals surface area contributed by atoms with Gasteiger partial charge in [0.05, 0.1) is 0 Å². The summed E-state index contributed by atoms with van der Waals surface area (Å²) in [6, 6.07) is 0.0239. The van der Waals surface area contributed by atoms with Crippen LogP contribution >= 0.6 is 0 Å². The van der Waals surface area contributed by atoms with Gasteiger partial charge in [-0.2, -0.15) is 4.39 Å². The standard InChI is InChI=1S/C6H3BF4O3/c8-2-1-3(9)6(14-7(12)13)5(11)4(2)10/h1,12-13H. The van der Waals surface area contributed by atoms with Crippen LogP contribution in [0.15, 0.2) is 6.07 Å². The second-order valence-corrected chi connectivity index (χ2v) is 2.24. The third-order valence-corrected chi connectivity index (χ3v) is 1.30. The third-order valence-electron chi connectivity index (χ3n) is 1.30. The van der Waals surface area contributed by atoms with Gasteiger partial charge in [0.1, 0.15) is 0 Å². The van der Waals surface area contributed by atoms with Crippen molar-refractivity contribution in [2.75, 3.05) is 0 Å². The Hall–Kier alpha value is -1.28. The van der Waals surface area contributed by atoms with Crippen molar-refractivity contribution in [1.82, 2.24) is 0 Å². The van der Waals surface area contributed by atoms with Crippen LogP contribution < -0.4 is 4.65 Å². The molecule has 76 valence electrons. The van der Waals surface area contributed by atoms with E-state index in [0.29, 0.717) is 0 Å². The number of halogens is 4. The Morgan fingerprint density at radius 3 is 2.07 bits per heavy atom. The van der Waals surface area contributed by atoms with Crippen molar-refractivity contribution in [2.24, 2.45) is 0 Å². The molecular formula is C6H3BF4O3. The molecule has 0 heterocycles. The molecule has 0 aromatic heterocycles. The highest BCUT2D eigenvalue weighted by atomic mass is 19.2. The van der Waals surface area contributed by atoms with Crippen LogP contribution in [0.1, 0.15) is 0 Å². The molecule has 3 nitrogen and oxygen atoms in total. The molecule has 0 amide bonds. The maximum absolute atomic E-state index is 12.7. The largest absolute Gasteiger partial charge is 0.707 e. The summed E-state index contributed by atoms with van der Waals surface area (Å²) in [6.07, 6.45) is 0. The molecule has 0 aliphatic carbocycles. The predicted octanol–water partition coefficient (Wildman–Crippen LogP) is 0.591. The highest BCUT2D eigenvalue weighted by Crippen LogP contribution is 2.25. The summed E-state index contributed by atoms with van der Waals surface area (Å²) in [5.74, 6) is -8.62. The van der Waals surface area contributed by atoms with Gasteiger partial charge >= 0.3 is 7.32 Å². The Morgan fingerprint density at radius 1 is 1.00 bits per heavy atom. The first kappa shape index (κ1) is 10.8. The zero-order valence-electron chi connectivity index (χ0n) is 6.47. The lowest BCUT2D eigenvalue weighted by molar-refractivity contribution is 0.269. The molecule has 1 aromatic carbocycles. The zero-order valence-corrected chi connectivity index (χ0v) is 6.47. The second-order valence-electron chi connectivity index (χ2n) is 2.24. The van der Waals surface area contributed by atoms with Crippen LogP contribution in [-0.4, -0.2) is 17.4 Å². The molecule has 0 radical (unpaired) electrons. The van der Waals surface area contributed by atoms with Gasteiger partial charge in [-0.05, 0) is 0 Å². The van der Waals surface area contributed by atoms with Gasteiger partial charge in [0.2, 0.25) is 5.82 Å². The van der Waals surface area contributed by atoms with E-state index in [4.69, 9.17) is 10.0 Å². The molecule has 1 rings (SSSR count). The lowest BCUT2D eigenvalue weighted by Gasteiger charge is -2.07. The van der Waals surface area contributed by atoms with Crippen molar-refractivity contribution in [3.8, 4) is 5.75 Å². The van der Waals surface area contributed by atoms with Crippen LogP contribution in [0.4, 0.5) is 17.6 Å². The topological polar surface area (TPSA) is 49.7 Å². The Labute approximate surface area is 75.7 Å². The van der Waals surface area contributed by atoms with Gasteiger partial charge in [-0.15, -0.1) is 0 Å². The Bertz CT molecular complexity index is 357.